The van der Waals surface area contributed by atoms with Crippen molar-refractivity contribution >= 4 is 0 Å². The van der Waals surface area contributed by atoms with Crippen LogP contribution in [0.2, 0.25) is 0 Å². The van der Waals surface area contributed by atoms with E-state index in [9.17, 15) is 0 Å². The van der Waals surface area contributed by atoms with Crippen molar-refractivity contribution in [1.82, 2.24) is 5.32 Å². The molecule has 4 heteroatoms. The molecule has 0 radical (unpaired) electrons. The lowest BCUT2D eigenvalue weighted by molar-refractivity contribution is -0.0868. The third-order valence-corrected chi connectivity index (χ3v) is 1.93. The van der Waals surface area contributed by atoms with Crippen molar-refractivity contribution in [3.63, 3.8) is 0 Å². The summed E-state index contributed by atoms with van der Waals surface area (Å²) in [7, 11) is 0. The Hall–Kier alpha value is -0.160. The van der Waals surface area contributed by atoms with Crippen LogP contribution in [0.25, 0.3) is 0 Å². The first-order valence-electron chi connectivity index (χ1n) is 4.45. The molecule has 2 atom stereocenters. The molecule has 0 aromatic carbocycles. The van der Waals surface area contributed by atoms with Crippen LogP contribution in [-0.2, 0) is 9.47 Å². The lowest BCUT2D eigenvalue weighted by Gasteiger charge is -2.24. The minimum Gasteiger partial charge on any atom is -0.376 e. The molecular formula is C8H18N2O2. The quantitative estimate of drug-likeness (QED) is 0.594. The molecule has 0 aromatic rings. The molecule has 0 amide bonds. The van der Waals surface area contributed by atoms with Crippen LogP contribution in [0.4, 0.5) is 0 Å². The molecule has 3 N–H and O–H groups in total. The first-order chi connectivity index (χ1) is 5.83. The SMILES string of the molecule is CC(CN)NCC1COCCO1. The van der Waals surface area contributed by atoms with Crippen LogP contribution in [0.5, 0.6) is 0 Å². The van der Waals surface area contributed by atoms with Gasteiger partial charge in [-0.2, -0.15) is 0 Å². The Kier molecular flexibility index (Phi) is 4.53. The van der Waals surface area contributed by atoms with Gasteiger partial charge in [-0.15, -0.1) is 0 Å². The minimum absolute atomic E-state index is 0.202. The van der Waals surface area contributed by atoms with Crippen LogP contribution >= 0.6 is 0 Å². The number of nitrogens with two attached hydrogens (primary N) is 1. The first kappa shape index (κ1) is 9.92. The van der Waals surface area contributed by atoms with Crippen molar-refractivity contribution in [1.29, 1.82) is 0 Å². The van der Waals surface area contributed by atoms with Gasteiger partial charge in [0.1, 0.15) is 0 Å². The summed E-state index contributed by atoms with van der Waals surface area (Å²) in [5.74, 6) is 0. The summed E-state index contributed by atoms with van der Waals surface area (Å²) in [5, 5.41) is 3.27. The normalized spacial score (nSPS) is 27.0. The number of hydrogen-bond acceptors (Lipinski definition) is 4. The number of rotatable bonds is 4. The van der Waals surface area contributed by atoms with Gasteiger partial charge in [0.2, 0.25) is 0 Å². The molecular weight excluding hydrogens is 156 g/mol. The molecule has 0 bridgehead atoms. The van der Waals surface area contributed by atoms with E-state index in [1.807, 2.05) is 0 Å². The standard InChI is InChI=1S/C8H18N2O2/c1-7(4-9)10-5-8-6-11-2-3-12-8/h7-8,10H,2-6,9H2,1H3. The molecule has 0 aromatic heterocycles. The lowest BCUT2D eigenvalue weighted by Crippen LogP contribution is -2.42. The molecule has 1 fully saturated rings. The maximum absolute atomic E-state index is 5.45. The third kappa shape index (κ3) is 3.49. The van der Waals surface area contributed by atoms with Crippen molar-refractivity contribution in [3.8, 4) is 0 Å². The zero-order valence-corrected chi connectivity index (χ0v) is 7.58. The van der Waals surface area contributed by atoms with Gasteiger partial charge in [0.25, 0.3) is 0 Å². The van der Waals surface area contributed by atoms with Crippen LogP contribution < -0.4 is 11.1 Å². The predicted molar refractivity (Wildman–Crippen MR) is 47.1 cm³/mol. The van der Waals surface area contributed by atoms with Gasteiger partial charge in [0.05, 0.1) is 25.9 Å². The van der Waals surface area contributed by atoms with E-state index in [4.69, 9.17) is 15.2 Å². The summed E-state index contributed by atoms with van der Waals surface area (Å²) in [5.41, 5.74) is 5.45. The van der Waals surface area contributed by atoms with Gasteiger partial charge in [0.15, 0.2) is 0 Å². The van der Waals surface area contributed by atoms with Crippen molar-refractivity contribution in [2.45, 2.75) is 19.1 Å². The van der Waals surface area contributed by atoms with Crippen molar-refractivity contribution in [2.75, 3.05) is 32.9 Å². The maximum atomic E-state index is 5.45. The van der Waals surface area contributed by atoms with E-state index in [2.05, 4.69) is 12.2 Å². The van der Waals surface area contributed by atoms with E-state index in [1.54, 1.807) is 0 Å². The number of ether oxygens (including phenoxy) is 2. The van der Waals surface area contributed by atoms with Gasteiger partial charge in [-0.3, -0.25) is 0 Å². The highest BCUT2D eigenvalue weighted by Gasteiger charge is 2.14. The van der Waals surface area contributed by atoms with Gasteiger partial charge in [0, 0.05) is 19.1 Å². The number of hydrogen-bond donors (Lipinski definition) is 2. The zero-order valence-electron chi connectivity index (χ0n) is 7.58. The van der Waals surface area contributed by atoms with Gasteiger partial charge in [-0.1, -0.05) is 0 Å². The van der Waals surface area contributed by atoms with Crippen LogP contribution in [0.3, 0.4) is 0 Å². The smallest absolute Gasteiger partial charge is 0.0933 e. The van der Waals surface area contributed by atoms with E-state index in [1.165, 1.54) is 0 Å². The van der Waals surface area contributed by atoms with Crippen LogP contribution in [0.1, 0.15) is 6.92 Å². The third-order valence-electron chi connectivity index (χ3n) is 1.93. The Bertz CT molecular complexity index is 116. The molecule has 1 rings (SSSR count). The summed E-state index contributed by atoms with van der Waals surface area (Å²) < 4.78 is 10.7. The molecule has 0 aliphatic carbocycles. The van der Waals surface area contributed by atoms with Crippen LogP contribution in [-0.4, -0.2) is 45.1 Å². The van der Waals surface area contributed by atoms with E-state index >= 15 is 0 Å². The molecule has 2 unspecified atom stereocenters. The molecule has 1 aliphatic heterocycles. The fourth-order valence-corrected chi connectivity index (χ4v) is 1.07. The van der Waals surface area contributed by atoms with Crippen LogP contribution in [0, 0.1) is 0 Å². The summed E-state index contributed by atoms with van der Waals surface area (Å²) >= 11 is 0. The highest BCUT2D eigenvalue weighted by molar-refractivity contribution is 4.68. The Morgan fingerprint density at radius 2 is 2.42 bits per heavy atom. The summed E-state index contributed by atoms with van der Waals surface area (Å²) in [6.45, 7) is 5.69. The van der Waals surface area contributed by atoms with Crippen molar-refractivity contribution in [2.24, 2.45) is 5.73 Å². The van der Waals surface area contributed by atoms with Gasteiger partial charge in [-0.25, -0.2) is 0 Å². The second kappa shape index (κ2) is 5.48. The second-order valence-corrected chi connectivity index (χ2v) is 3.11. The van der Waals surface area contributed by atoms with Gasteiger partial charge < -0.3 is 20.5 Å². The fraction of sp³-hybridized carbons (Fsp3) is 1.00. The van der Waals surface area contributed by atoms with E-state index in [0.717, 1.165) is 13.2 Å². The minimum atomic E-state index is 0.202. The Labute approximate surface area is 73.4 Å². The van der Waals surface area contributed by atoms with Crippen molar-refractivity contribution < 1.29 is 9.47 Å². The predicted octanol–water partition coefficient (Wildman–Crippen LogP) is -0.661. The fourth-order valence-electron chi connectivity index (χ4n) is 1.07. The van der Waals surface area contributed by atoms with Gasteiger partial charge >= 0.3 is 0 Å². The summed E-state index contributed by atoms with van der Waals surface area (Å²) in [6, 6.07) is 0.357. The molecule has 1 saturated heterocycles. The topological polar surface area (TPSA) is 56.5 Å². The zero-order chi connectivity index (χ0) is 8.81. The molecule has 0 saturated carbocycles. The Morgan fingerprint density at radius 1 is 1.58 bits per heavy atom. The first-order valence-corrected chi connectivity index (χ1v) is 4.45. The Balaban J connectivity index is 2.05. The van der Waals surface area contributed by atoms with E-state index in [0.29, 0.717) is 25.8 Å². The largest absolute Gasteiger partial charge is 0.376 e. The summed E-state index contributed by atoms with van der Waals surface area (Å²) in [4.78, 5) is 0. The average Bonchev–Trinajstić information content (AvgIpc) is 2.16. The van der Waals surface area contributed by atoms with E-state index in [-0.39, 0.29) is 6.10 Å². The highest BCUT2D eigenvalue weighted by Crippen LogP contribution is 1.98. The molecule has 72 valence electrons. The van der Waals surface area contributed by atoms with Gasteiger partial charge in [-0.05, 0) is 6.92 Å². The van der Waals surface area contributed by atoms with Crippen molar-refractivity contribution in [3.05, 3.63) is 0 Å². The molecule has 0 spiro atoms. The highest BCUT2D eigenvalue weighted by atomic mass is 16.6. The monoisotopic (exact) mass is 174 g/mol. The molecule has 4 nitrogen and oxygen atoms in total. The lowest BCUT2D eigenvalue weighted by atomic mass is 10.3. The number of nitrogens with one attached hydrogen (secondary N) is 1. The maximum Gasteiger partial charge on any atom is 0.0933 e. The molecule has 1 heterocycles. The average molecular weight is 174 g/mol. The van der Waals surface area contributed by atoms with E-state index < -0.39 is 0 Å². The molecule has 12 heavy (non-hydrogen) atoms. The summed E-state index contributed by atoms with van der Waals surface area (Å²) in [6.07, 6.45) is 0.202. The Morgan fingerprint density at radius 3 is 3.00 bits per heavy atom. The second-order valence-electron chi connectivity index (χ2n) is 3.11. The van der Waals surface area contributed by atoms with Crippen LogP contribution in [0.15, 0.2) is 0 Å². The molecule has 1 aliphatic rings.